The molecular formula is C14H22N2. The number of aryl methyl sites for hydroxylation is 1. The average Bonchev–Trinajstić information content (AvgIpc) is 2.33. The molecule has 0 spiro atoms. The molecule has 1 aliphatic rings. The summed E-state index contributed by atoms with van der Waals surface area (Å²) >= 11 is 0. The molecule has 0 saturated carbocycles. The lowest BCUT2D eigenvalue weighted by Gasteiger charge is -2.23. The Hall–Kier alpha value is -0.860. The summed E-state index contributed by atoms with van der Waals surface area (Å²) in [5.41, 5.74) is 2.82. The van der Waals surface area contributed by atoms with Gasteiger partial charge in [0.15, 0.2) is 0 Å². The zero-order valence-corrected chi connectivity index (χ0v) is 10.1. The molecule has 0 aromatic heterocycles. The molecule has 0 atom stereocenters. The van der Waals surface area contributed by atoms with Gasteiger partial charge in [-0.05, 0) is 56.4 Å². The predicted molar refractivity (Wildman–Crippen MR) is 68.5 cm³/mol. The van der Waals surface area contributed by atoms with Crippen LogP contribution in [0.3, 0.4) is 0 Å². The van der Waals surface area contributed by atoms with Gasteiger partial charge in [-0.15, -0.1) is 0 Å². The molecule has 1 aromatic carbocycles. The molecule has 16 heavy (non-hydrogen) atoms. The normalized spacial score (nSPS) is 17.6. The van der Waals surface area contributed by atoms with E-state index in [0.29, 0.717) is 0 Å². The second kappa shape index (κ2) is 6.02. The van der Waals surface area contributed by atoms with Gasteiger partial charge in [0.2, 0.25) is 0 Å². The van der Waals surface area contributed by atoms with Crippen LogP contribution in [0.15, 0.2) is 24.3 Å². The first-order valence-electron chi connectivity index (χ1n) is 6.32. The fourth-order valence-electron chi connectivity index (χ4n) is 2.31. The van der Waals surface area contributed by atoms with E-state index in [9.17, 15) is 0 Å². The third-order valence-electron chi connectivity index (χ3n) is 3.47. The number of piperidine rings is 1. The van der Waals surface area contributed by atoms with Crippen molar-refractivity contribution < 1.29 is 0 Å². The highest BCUT2D eigenvalue weighted by Crippen LogP contribution is 2.11. The highest BCUT2D eigenvalue weighted by molar-refractivity contribution is 5.25. The molecule has 1 aliphatic heterocycles. The van der Waals surface area contributed by atoms with Crippen molar-refractivity contribution in [1.82, 2.24) is 10.6 Å². The minimum Gasteiger partial charge on any atom is -0.317 e. The number of hydrogen-bond acceptors (Lipinski definition) is 2. The van der Waals surface area contributed by atoms with E-state index in [1.165, 1.54) is 37.1 Å². The van der Waals surface area contributed by atoms with Crippen molar-refractivity contribution >= 4 is 0 Å². The Morgan fingerprint density at radius 1 is 1.25 bits per heavy atom. The van der Waals surface area contributed by atoms with E-state index in [1.54, 1.807) is 0 Å². The third kappa shape index (κ3) is 3.32. The van der Waals surface area contributed by atoms with Crippen LogP contribution in [0.25, 0.3) is 0 Å². The van der Waals surface area contributed by atoms with Crippen LogP contribution in [0.2, 0.25) is 0 Å². The first kappa shape index (κ1) is 11.6. The molecule has 88 valence electrons. The topological polar surface area (TPSA) is 24.1 Å². The van der Waals surface area contributed by atoms with Gasteiger partial charge in [-0.3, -0.25) is 0 Å². The summed E-state index contributed by atoms with van der Waals surface area (Å²) < 4.78 is 0. The van der Waals surface area contributed by atoms with Gasteiger partial charge in [-0.1, -0.05) is 24.3 Å². The first-order chi connectivity index (χ1) is 7.86. The van der Waals surface area contributed by atoms with E-state index >= 15 is 0 Å². The predicted octanol–water partition coefficient (Wildman–Crippen LogP) is 2.08. The zero-order chi connectivity index (χ0) is 11.2. The van der Waals surface area contributed by atoms with Crippen LogP contribution in [-0.4, -0.2) is 19.6 Å². The molecule has 1 heterocycles. The summed E-state index contributed by atoms with van der Waals surface area (Å²) in [6, 6.07) is 8.62. The van der Waals surface area contributed by atoms with Gasteiger partial charge in [0.25, 0.3) is 0 Å². The van der Waals surface area contributed by atoms with Gasteiger partial charge < -0.3 is 10.6 Å². The van der Waals surface area contributed by atoms with Crippen LogP contribution in [0.1, 0.15) is 24.0 Å². The minimum atomic E-state index is 0.866. The number of rotatable bonds is 4. The van der Waals surface area contributed by atoms with Gasteiger partial charge in [-0.25, -0.2) is 0 Å². The highest BCUT2D eigenvalue weighted by Gasteiger charge is 2.11. The second-order valence-corrected chi connectivity index (χ2v) is 4.75. The molecular weight excluding hydrogens is 196 g/mol. The number of benzene rings is 1. The first-order valence-corrected chi connectivity index (χ1v) is 6.32. The summed E-state index contributed by atoms with van der Waals surface area (Å²) in [5.74, 6) is 0.866. The van der Waals surface area contributed by atoms with E-state index in [1.807, 2.05) is 0 Å². The largest absolute Gasteiger partial charge is 0.317 e. The summed E-state index contributed by atoms with van der Waals surface area (Å²) in [5, 5.41) is 6.99. The second-order valence-electron chi connectivity index (χ2n) is 4.75. The molecule has 2 heteroatoms. The third-order valence-corrected chi connectivity index (χ3v) is 3.47. The minimum absolute atomic E-state index is 0.866. The molecule has 1 saturated heterocycles. The molecule has 2 nitrogen and oxygen atoms in total. The van der Waals surface area contributed by atoms with Gasteiger partial charge in [0.1, 0.15) is 0 Å². The summed E-state index contributed by atoms with van der Waals surface area (Å²) in [7, 11) is 0. The summed E-state index contributed by atoms with van der Waals surface area (Å²) in [6.45, 7) is 6.74. The molecule has 0 bridgehead atoms. The van der Waals surface area contributed by atoms with Crippen molar-refractivity contribution in [3.05, 3.63) is 35.4 Å². The van der Waals surface area contributed by atoms with E-state index in [0.717, 1.165) is 19.0 Å². The lowest BCUT2D eigenvalue weighted by molar-refractivity contribution is 0.356. The van der Waals surface area contributed by atoms with Crippen molar-refractivity contribution in [2.24, 2.45) is 5.92 Å². The smallest absolute Gasteiger partial charge is 0.0208 e. The Balaban J connectivity index is 1.73. The van der Waals surface area contributed by atoms with Crippen LogP contribution in [-0.2, 0) is 6.54 Å². The zero-order valence-electron chi connectivity index (χ0n) is 10.1. The van der Waals surface area contributed by atoms with Crippen molar-refractivity contribution in [3.63, 3.8) is 0 Å². The maximum atomic E-state index is 3.58. The Morgan fingerprint density at radius 2 is 2.00 bits per heavy atom. The Bertz CT molecular complexity index is 316. The van der Waals surface area contributed by atoms with E-state index in [2.05, 4.69) is 41.8 Å². The fourth-order valence-corrected chi connectivity index (χ4v) is 2.31. The van der Waals surface area contributed by atoms with Crippen LogP contribution in [0, 0.1) is 12.8 Å². The molecule has 1 aromatic rings. The Morgan fingerprint density at radius 3 is 2.75 bits per heavy atom. The SMILES string of the molecule is Cc1ccccc1CNCC1CCNCC1. The standard InChI is InChI=1S/C14H22N2/c1-12-4-2-3-5-14(12)11-16-10-13-6-8-15-9-7-13/h2-5,13,15-16H,6-11H2,1H3. The summed E-state index contributed by atoms with van der Waals surface area (Å²) in [6.07, 6.45) is 2.64. The van der Waals surface area contributed by atoms with Crippen molar-refractivity contribution in [2.75, 3.05) is 19.6 Å². The Kier molecular flexibility index (Phi) is 4.37. The maximum absolute atomic E-state index is 3.58. The van der Waals surface area contributed by atoms with E-state index < -0.39 is 0 Å². The van der Waals surface area contributed by atoms with Crippen molar-refractivity contribution in [2.45, 2.75) is 26.3 Å². The fraction of sp³-hybridized carbons (Fsp3) is 0.571. The molecule has 1 fully saturated rings. The van der Waals surface area contributed by atoms with Crippen molar-refractivity contribution in [3.8, 4) is 0 Å². The van der Waals surface area contributed by atoms with Crippen LogP contribution >= 0.6 is 0 Å². The molecule has 0 unspecified atom stereocenters. The van der Waals surface area contributed by atoms with E-state index in [-0.39, 0.29) is 0 Å². The molecule has 0 aliphatic carbocycles. The van der Waals surface area contributed by atoms with Gasteiger partial charge in [0.05, 0.1) is 0 Å². The van der Waals surface area contributed by atoms with Crippen LogP contribution < -0.4 is 10.6 Å². The molecule has 2 N–H and O–H groups in total. The van der Waals surface area contributed by atoms with Crippen LogP contribution in [0.5, 0.6) is 0 Å². The van der Waals surface area contributed by atoms with Gasteiger partial charge in [-0.2, -0.15) is 0 Å². The average molecular weight is 218 g/mol. The Labute approximate surface area is 98.4 Å². The molecule has 0 radical (unpaired) electrons. The van der Waals surface area contributed by atoms with Gasteiger partial charge in [0, 0.05) is 6.54 Å². The molecule has 0 amide bonds. The number of nitrogens with one attached hydrogen (secondary N) is 2. The quantitative estimate of drug-likeness (QED) is 0.808. The van der Waals surface area contributed by atoms with Crippen LogP contribution in [0.4, 0.5) is 0 Å². The van der Waals surface area contributed by atoms with Gasteiger partial charge >= 0.3 is 0 Å². The highest BCUT2D eigenvalue weighted by atomic mass is 14.9. The number of hydrogen-bond donors (Lipinski definition) is 2. The lowest BCUT2D eigenvalue weighted by atomic mass is 9.98. The molecule has 2 rings (SSSR count). The van der Waals surface area contributed by atoms with E-state index in [4.69, 9.17) is 0 Å². The summed E-state index contributed by atoms with van der Waals surface area (Å²) in [4.78, 5) is 0. The monoisotopic (exact) mass is 218 g/mol. The van der Waals surface area contributed by atoms with Crippen molar-refractivity contribution in [1.29, 1.82) is 0 Å². The maximum Gasteiger partial charge on any atom is 0.0208 e. The lowest BCUT2D eigenvalue weighted by Crippen LogP contribution is -2.33.